The highest BCUT2D eigenvalue weighted by atomic mass is 32.1. The van der Waals surface area contributed by atoms with Crippen molar-refractivity contribution in [2.75, 3.05) is 6.61 Å². The quantitative estimate of drug-likeness (QED) is 0.392. The van der Waals surface area contributed by atoms with Gasteiger partial charge in [-0.15, -0.1) is 11.3 Å². The van der Waals surface area contributed by atoms with E-state index in [1.54, 1.807) is 52.0 Å². The maximum absolute atomic E-state index is 12.8. The van der Waals surface area contributed by atoms with E-state index in [1.807, 2.05) is 0 Å². The van der Waals surface area contributed by atoms with Gasteiger partial charge >= 0.3 is 12.1 Å². The van der Waals surface area contributed by atoms with Crippen molar-refractivity contribution in [1.29, 1.82) is 0 Å². The molecule has 1 aromatic heterocycles. The smallest absolute Gasteiger partial charge is 0.416 e. The summed E-state index contributed by atoms with van der Waals surface area (Å²) in [7, 11) is 0. The van der Waals surface area contributed by atoms with E-state index in [1.165, 1.54) is 23.5 Å². The van der Waals surface area contributed by atoms with Crippen molar-refractivity contribution in [3.05, 3.63) is 70.2 Å². The van der Waals surface area contributed by atoms with Crippen LogP contribution in [0.4, 0.5) is 13.2 Å². The molecule has 186 valence electrons. The summed E-state index contributed by atoms with van der Waals surface area (Å²) >= 11 is 1.31. The number of nitrogens with one attached hydrogen (secondary N) is 1. The van der Waals surface area contributed by atoms with Crippen LogP contribution >= 0.6 is 11.3 Å². The average Bonchev–Trinajstić information content (AvgIpc) is 3.18. The minimum absolute atomic E-state index is 0.219. The third-order valence-corrected chi connectivity index (χ3v) is 6.22. The second-order valence-electron chi connectivity index (χ2n) is 8.14. The first-order valence-electron chi connectivity index (χ1n) is 10.8. The normalized spacial score (nSPS) is 11.7. The van der Waals surface area contributed by atoms with Crippen molar-refractivity contribution in [2.45, 2.75) is 46.0 Å². The Labute approximate surface area is 205 Å². The fourth-order valence-electron chi connectivity index (χ4n) is 3.10. The second kappa shape index (κ2) is 10.5. The van der Waals surface area contributed by atoms with Gasteiger partial charge in [-0.1, -0.05) is 12.1 Å². The maximum atomic E-state index is 12.8. The van der Waals surface area contributed by atoms with Crippen LogP contribution in [0.1, 0.15) is 47.3 Å². The minimum atomic E-state index is -4.39. The number of alkyl halides is 3. The number of hydrogen-bond donors (Lipinski definition) is 1. The summed E-state index contributed by atoms with van der Waals surface area (Å²) in [6, 6.07) is 11.2. The third kappa shape index (κ3) is 6.60. The molecule has 0 aliphatic heterocycles. The standard InChI is InChI=1S/C25H25F3N2O4S/c1-5-33-23(32)24(3,4)34-19-12-8-16(9-13-19)21(31)29-14-20-15(2)30-22(35-20)17-6-10-18(11-7-17)25(26,27)28/h6-13H,5,14H2,1-4H3,(H,29,31). The molecular weight excluding hydrogens is 481 g/mol. The van der Waals surface area contributed by atoms with E-state index in [0.29, 0.717) is 27.6 Å². The molecule has 1 N–H and O–H groups in total. The van der Waals surface area contributed by atoms with Gasteiger partial charge in [0, 0.05) is 16.0 Å². The van der Waals surface area contributed by atoms with E-state index in [-0.39, 0.29) is 19.1 Å². The summed E-state index contributed by atoms with van der Waals surface area (Å²) in [6.07, 6.45) is -4.39. The molecule has 0 saturated heterocycles. The topological polar surface area (TPSA) is 77.5 Å². The fourth-order valence-corrected chi connectivity index (χ4v) is 4.10. The number of halogens is 3. The highest BCUT2D eigenvalue weighted by molar-refractivity contribution is 7.15. The van der Waals surface area contributed by atoms with Gasteiger partial charge in [-0.25, -0.2) is 9.78 Å². The van der Waals surface area contributed by atoms with E-state index < -0.39 is 23.3 Å². The van der Waals surface area contributed by atoms with Crippen molar-refractivity contribution < 1.29 is 32.2 Å². The summed E-state index contributed by atoms with van der Waals surface area (Å²) in [5.74, 6) is -0.387. The van der Waals surface area contributed by atoms with Gasteiger partial charge in [-0.3, -0.25) is 4.79 Å². The Morgan fingerprint density at radius 2 is 1.66 bits per heavy atom. The Kier molecular flexibility index (Phi) is 7.84. The predicted octanol–water partition coefficient (Wildman–Crippen LogP) is 5.79. The summed E-state index contributed by atoms with van der Waals surface area (Å²) in [4.78, 5) is 29.8. The Balaban J connectivity index is 1.62. The first-order chi connectivity index (χ1) is 16.4. The molecule has 3 aromatic rings. The van der Waals surface area contributed by atoms with Crippen molar-refractivity contribution in [3.8, 4) is 16.3 Å². The first-order valence-corrected chi connectivity index (χ1v) is 11.6. The Morgan fingerprint density at radius 3 is 2.23 bits per heavy atom. The van der Waals surface area contributed by atoms with Crippen LogP contribution in [-0.2, 0) is 22.3 Å². The highest BCUT2D eigenvalue weighted by Gasteiger charge is 2.32. The molecule has 0 saturated carbocycles. The molecule has 10 heteroatoms. The predicted molar refractivity (Wildman–Crippen MR) is 126 cm³/mol. The summed E-state index contributed by atoms with van der Waals surface area (Å²) in [5, 5.41) is 3.40. The van der Waals surface area contributed by atoms with Gasteiger partial charge in [0.2, 0.25) is 0 Å². The Bertz CT molecular complexity index is 1190. The lowest BCUT2D eigenvalue weighted by Gasteiger charge is -2.24. The van der Waals surface area contributed by atoms with Crippen molar-refractivity contribution >= 4 is 23.2 Å². The van der Waals surface area contributed by atoms with Gasteiger partial charge in [0.05, 0.1) is 24.4 Å². The van der Waals surface area contributed by atoms with Crippen molar-refractivity contribution in [1.82, 2.24) is 10.3 Å². The molecule has 0 radical (unpaired) electrons. The molecule has 0 bridgehead atoms. The van der Waals surface area contributed by atoms with Crippen LogP contribution < -0.4 is 10.1 Å². The van der Waals surface area contributed by atoms with E-state index in [9.17, 15) is 22.8 Å². The van der Waals surface area contributed by atoms with Crippen LogP contribution in [0.3, 0.4) is 0 Å². The van der Waals surface area contributed by atoms with Gasteiger partial charge in [0.25, 0.3) is 5.91 Å². The maximum Gasteiger partial charge on any atom is 0.416 e. The monoisotopic (exact) mass is 506 g/mol. The molecule has 0 unspecified atom stereocenters. The summed E-state index contributed by atoms with van der Waals surface area (Å²) in [5.41, 5.74) is -0.228. The number of carbonyl (C=O) groups is 2. The molecule has 2 aromatic carbocycles. The molecule has 0 atom stereocenters. The second-order valence-corrected chi connectivity index (χ2v) is 9.23. The lowest BCUT2D eigenvalue weighted by molar-refractivity contribution is -0.158. The number of aromatic nitrogens is 1. The number of esters is 1. The number of carbonyl (C=O) groups excluding carboxylic acids is 2. The molecule has 1 heterocycles. The number of rotatable bonds is 8. The first kappa shape index (κ1) is 26.2. The van der Waals surface area contributed by atoms with Crippen LogP contribution in [0.2, 0.25) is 0 Å². The average molecular weight is 507 g/mol. The van der Waals surface area contributed by atoms with E-state index >= 15 is 0 Å². The summed E-state index contributed by atoms with van der Waals surface area (Å²) < 4.78 is 49.0. The van der Waals surface area contributed by atoms with Gasteiger partial charge in [-0.05, 0) is 64.1 Å². The zero-order valence-corrected chi connectivity index (χ0v) is 20.5. The molecule has 3 rings (SSSR count). The number of ether oxygens (including phenoxy) is 2. The number of thiazole rings is 1. The van der Waals surface area contributed by atoms with Crippen LogP contribution in [0.25, 0.3) is 10.6 Å². The van der Waals surface area contributed by atoms with E-state index in [2.05, 4.69) is 10.3 Å². The SMILES string of the molecule is CCOC(=O)C(C)(C)Oc1ccc(C(=O)NCc2sc(-c3ccc(C(F)(F)F)cc3)nc2C)cc1. The fraction of sp³-hybridized carbons (Fsp3) is 0.320. The van der Waals surface area contributed by atoms with Crippen molar-refractivity contribution in [2.24, 2.45) is 0 Å². The molecule has 0 fully saturated rings. The van der Waals surface area contributed by atoms with Gasteiger partial charge in [0.15, 0.2) is 5.60 Å². The van der Waals surface area contributed by atoms with E-state index in [4.69, 9.17) is 9.47 Å². The lowest BCUT2D eigenvalue weighted by atomic mass is 10.1. The highest BCUT2D eigenvalue weighted by Crippen LogP contribution is 2.33. The number of amides is 1. The van der Waals surface area contributed by atoms with E-state index in [0.717, 1.165) is 17.0 Å². The molecule has 35 heavy (non-hydrogen) atoms. The minimum Gasteiger partial charge on any atom is -0.476 e. The third-order valence-electron chi connectivity index (χ3n) is 5.02. The number of nitrogens with zero attached hydrogens (tertiary/aromatic N) is 1. The number of aryl methyl sites for hydroxylation is 1. The lowest BCUT2D eigenvalue weighted by Crippen LogP contribution is -2.39. The van der Waals surface area contributed by atoms with Crippen LogP contribution in [0.15, 0.2) is 48.5 Å². The zero-order valence-electron chi connectivity index (χ0n) is 19.7. The van der Waals surface area contributed by atoms with Crippen LogP contribution in [-0.4, -0.2) is 29.1 Å². The molecule has 0 aliphatic carbocycles. The van der Waals surface area contributed by atoms with Crippen LogP contribution in [0, 0.1) is 6.92 Å². The van der Waals surface area contributed by atoms with Gasteiger partial charge in [0.1, 0.15) is 10.8 Å². The Morgan fingerprint density at radius 1 is 1.03 bits per heavy atom. The molecular formula is C25H25F3N2O4S. The zero-order chi connectivity index (χ0) is 25.8. The van der Waals surface area contributed by atoms with Gasteiger partial charge < -0.3 is 14.8 Å². The van der Waals surface area contributed by atoms with Gasteiger partial charge in [-0.2, -0.15) is 13.2 Å². The molecule has 6 nitrogen and oxygen atoms in total. The summed E-state index contributed by atoms with van der Waals surface area (Å²) in [6.45, 7) is 7.16. The molecule has 0 spiro atoms. The number of benzene rings is 2. The van der Waals surface area contributed by atoms with Crippen molar-refractivity contribution in [3.63, 3.8) is 0 Å². The largest absolute Gasteiger partial charge is 0.476 e. The van der Waals surface area contributed by atoms with Crippen LogP contribution in [0.5, 0.6) is 5.75 Å². The Hall–Kier alpha value is -3.40. The molecule has 1 amide bonds. The number of hydrogen-bond acceptors (Lipinski definition) is 6. The molecule has 0 aliphatic rings.